The molecule has 19 heavy (non-hydrogen) atoms. The van der Waals surface area contributed by atoms with Gasteiger partial charge in [0, 0.05) is 37.1 Å². The van der Waals surface area contributed by atoms with Crippen LogP contribution in [0.4, 0.5) is 0 Å². The SMILES string of the molecule is C[C@@H]1COCCN1Cc1cn2ccccc2c1C#N. The lowest BCUT2D eigenvalue weighted by atomic mass is 10.1. The van der Waals surface area contributed by atoms with Gasteiger partial charge in [0.2, 0.25) is 0 Å². The zero-order chi connectivity index (χ0) is 13.2. The number of ether oxygens (including phenoxy) is 1. The molecule has 1 fully saturated rings. The number of nitrogens with zero attached hydrogens (tertiary/aromatic N) is 3. The molecule has 1 atom stereocenters. The molecule has 0 bridgehead atoms. The van der Waals surface area contributed by atoms with E-state index < -0.39 is 0 Å². The van der Waals surface area contributed by atoms with Crippen molar-refractivity contribution in [3.05, 3.63) is 41.7 Å². The molecule has 0 amide bonds. The van der Waals surface area contributed by atoms with E-state index in [4.69, 9.17) is 4.74 Å². The van der Waals surface area contributed by atoms with E-state index in [0.29, 0.717) is 6.04 Å². The standard InChI is InChI=1S/C15H17N3O/c1-12-11-19-7-6-17(12)9-13-10-18-5-3-2-4-15(18)14(13)8-16/h2-5,10,12H,6-7,9,11H2,1H3/t12-/m1/s1. The molecule has 0 saturated carbocycles. The maximum Gasteiger partial charge on any atom is 0.102 e. The third kappa shape index (κ3) is 2.23. The van der Waals surface area contributed by atoms with Gasteiger partial charge >= 0.3 is 0 Å². The Hall–Kier alpha value is -1.83. The average Bonchev–Trinajstić information content (AvgIpc) is 2.78. The fourth-order valence-corrected chi connectivity index (χ4v) is 2.64. The first-order valence-electron chi connectivity index (χ1n) is 6.60. The molecule has 0 spiro atoms. The quantitative estimate of drug-likeness (QED) is 0.824. The van der Waals surface area contributed by atoms with E-state index in [1.807, 2.05) is 28.8 Å². The van der Waals surface area contributed by atoms with Crippen LogP contribution in [0.15, 0.2) is 30.6 Å². The van der Waals surface area contributed by atoms with Crippen molar-refractivity contribution in [2.45, 2.75) is 19.5 Å². The van der Waals surface area contributed by atoms with Gasteiger partial charge < -0.3 is 9.14 Å². The first-order chi connectivity index (χ1) is 9.29. The van der Waals surface area contributed by atoms with Crippen LogP contribution in [0.1, 0.15) is 18.1 Å². The Morgan fingerprint density at radius 1 is 1.47 bits per heavy atom. The van der Waals surface area contributed by atoms with Crippen molar-refractivity contribution in [2.24, 2.45) is 0 Å². The van der Waals surface area contributed by atoms with E-state index in [-0.39, 0.29) is 0 Å². The molecular weight excluding hydrogens is 238 g/mol. The third-order valence-electron chi connectivity index (χ3n) is 3.75. The van der Waals surface area contributed by atoms with E-state index >= 15 is 0 Å². The summed E-state index contributed by atoms with van der Waals surface area (Å²) in [6, 6.07) is 8.69. The maximum absolute atomic E-state index is 9.39. The second-order valence-electron chi connectivity index (χ2n) is 5.03. The van der Waals surface area contributed by atoms with Gasteiger partial charge in [-0.15, -0.1) is 0 Å². The van der Waals surface area contributed by atoms with Gasteiger partial charge in [-0.1, -0.05) is 6.07 Å². The zero-order valence-electron chi connectivity index (χ0n) is 11.0. The number of morpholine rings is 1. The largest absolute Gasteiger partial charge is 0.379 e. The number of pyridine rings is 1. The summed E-state index contributed by atoms with van der Waals surface area (Å²) >= 11 is 0. The van der Waals surface area contributed by atoms with Gasteiger partial charge in [-0.05, 0) is 19.1 Å². The highest BCUT2D eigenvalue weighted by atomic mass is 16.5. The molecule has 2 aromatic heterocycles. The van der Waals surface area contributed by atoms with Crippen LogP contribution in [0.3, 0.4) is 0 Å². The Bertz CT molecular complexity index is 626. The molecule has 4 nitrogen and oxygen atoms in total. The van der Waals surface area contributed by atoms with Crippen molar-refractivity contribution >= 4 is 5.52 Å². The van der Waals surface area contributed by atoms with Crippen molar-refractivity contribution in [3.8, 4) is 6.07 Å². The summed E-state index contributed by atoms with van der Waals surface area (Å²) in [5.74, 6) is 0. The Morgan fingerprint density at radius 2 is 2.37 bits per heavy atom. The summed E-state index contributed by atoms with van der Waals surface area (Å²) in [6.45, 7) is 5.46. The molecule has 1 aliphatic heterocycles. The summed E-state index contributed by atoms with van der Waals surface area (Å²) in [5, 5.41) is 9.39. The highest BCUT2D eigenvalue weighted by Crippen LogP contribution is 2.21. The molecule has 3 heterocycles. The minimum atomic E-state index is 0.406. The second kappa shape index (κ2) is 5.04. The van der Waals surface area contributed by atoms with E-state index in [9.17, 15) is 5.26 Å². The van der Waals surface area contributed by atoms with Crippen molar-refractivity contribution in [1.82, 2.24) is 9.30 Å². The van der Waals surface area contributed by atoms with Crippen molar-refractivity contribution in [1.29, 1.82) is 5.26 Å². The van der Waals surface area contributed by atoms with E-state index in [0.717, 1.165) is 42.9 Å². The highest BCUT2D eigenvalue weighted by molar-refractivity contribution is 5.65. The topological polar surface area (TPSA) is 40.7 Å². The normalized spacial score (nSPS) is 20.5. The molecule has 0 unspecified atom stereocenters. The lowest BCUT2D eigenvalue weighted by Crippen LogP contribution is -2.42. The Balaban J connectivity index is 1.94. The van der Waals surface area contributed by atoms with Crippen LogP contribution in [-0.2, 0) is 11.3 Å². The van der Waals surface area contributed by atoms with Crippen LogP contribution >= 0.6 is 0 Å². The van der Waals surface area contributed by atoms with Crippen LogP contribution in [0.25, 0.3) is 5.52 Å². The van der Waals surface area contributed by atoms with E-state index in [2.05, 4.69) is 24.1 Å². The maximum atomic E-state index is 9.39. The van der Waals surface area contributed by atoms with Crippen molar-refractivity contribution in [3.63, 3.8) is 0 Å². The molecule has 1 saturated heterocycles. The smallest absolute Gasteiger partial charge is 0.102 e. The molecule has 4 heteroatoms. The van der Waals surface area contributed by atoms with Gasteiger partial charge in [0.15, 0.2) is 0 Å². The van der Waals surface area contributed by atoms with Crippen LogP contribution < -0.4 is 0 Å². The molecule has 98 valence electrons. The fourth-order valence-electron chi connectivity index (χ4n) is 2.64. The Morgan fingerprint density at radius 3 is 3.16 bits per heavy atom. The Labute approximate surface area is 112 Å². The molecule has 2 aromatic rings. The van der Waals surface area contributed by atoms with Gasteiger partial charge in [-0.25, -0.2) is 0 Å². The number of fused-ring (bicyclic) bond motifs is 1. The number of hydrogen-bond donors (Lipinski definition) is 0. The predicted molar refractivity (Wildman–Crippen MR) is 72.8 cm³/mol. The van der Waals surface area contributed by atoms with Crippen LogP contribution in [0.5, 0.6) is 0 Å². The molecule has 0 aliphatic carbocycles. The highest BCUT2D eigenvalue weighted by Gasteiger charge is 2.21. The first kappa shape index (κ1) is 12.2. The number of aromatic nitrogens is 1. The second-order valence-corrected chi connectivity index (χ2v) is 5.03. The third-order valence-corrected chi connectivity index (χ3v) is 3.75. The summed E-state index contributed by atoms with van der Waals surface area (Å²) in [5.41, 5.74) is 2.88. The first-order valence-corrected chi connectivity index (χ1v) is 6.60. The molecule has 0 aromatic carbocycles. The summed E-state index contributed by atoms with van der Waals surface area (Å²) in [7, 11) is 0. The number of nitriles is 1. The van der Waals surface area contributed by atoms with Crippen molar-refractivity contribution < 1.29 is 4.74 Å². The molecule has 1 aliphatic rings. The number of rotatable bonds is 2. The van der Waals surface area contributed by atoms with Crippen molar-refractivity contribution in [2.75, 3.05) is 19.8 Å². The predicted octanol–water partition coefficient (Wildman–Crippen LogP) is 2.03. The molecule has 3 rings (SSSR count). The van der Waals surface area contributed by atoms with Gasteiger partial charge in [0.1, 0.15) is 6.07 Å². The van der Waals surface area contributed by atoms with Crippen LogP contribution in [0.2, 0.25) is 0 Å². The Kier molecular flexibility index (Phi) is 3.24. The monoisotopic (exact) mass is 255 g/mol. The van der Waals surface area contributed by atoms with E-state index in [1.165, 1.54) is 0 Å². The van der Waals surface area contributed by atoms with Gasteiger partial charge in [0.25, 0.3) is 0 Å². The zero-order valence-corrected chi connectivity index (χ0v) is 11.0. The summed E-state index contributed by atoms with van der Waals surface area (Å²) < 4.78 is 7.48. The lowest BCUT2D eigenvalue weighted by molar-refractivity contribution is -0.00438. The average molecular weight is 255 g/mol. The van der Waals surface area contributed by atoms with E-state index in [1.54, 1.807) is 0 Å². The van der Waals surface area contributed by atoms with Crippen LogP contribution in [-0.4, -0.2) is 35.1 Å². The fraction of sp³-hybridized carbons (Fsp3) is 0.400. The summed E-state index contributed by atoms with van der Waals surface area (Å²) in [4.78, 5) is 2.37. The summed E-state index contributed by atoms with van der Waals surface area (Å²) in [6.07, 6.45) is 4.05. The minimum Gasteiger partial charge on any atom is -0.379 e. The lowest BCUT2D eigenvalue weighted by Gasteiger charge is -2.32. The molecule has 0 N–H and O–H groups in total. The molecular formula is C15H17N3O. The minimum absolute atomic E-state index is 0.406. The van der Waals surface area contributed by atoms with Crippen LogP contribution in [0, 0.1) is 11.3 Å². The van der Waals surface area contributed by atoms with Gasteiger partial charge in [0.05, 0.1) is 24.3 Å². The number of hydrogen-bond acceptors (Lipinski definition) is 3. The van der Waals surface area contributed by atoms with Gasteiger partial charge in [-0.2, -0.15) is 5.26 Å². The molecule has 0 radical (unpaired) electrons. The van der Waals surface area contributed by atoms with Gasteiger partial charge in [-0.3, -0.25) is 4.90 Å².